The van der Waals surface area contributed by atoms with Gasteiger partial charge in [0.2, 0.25) is 0 Å². The zero-order chi connectivity index (χ0) is 15.4. The Bertz CT molecular complexity index is 657. The molecule has 0 aliphatic carbocycles. The molecule has 0 saturated carbocycles. The number of benzene rings is 1. The SMILES string of the molecule is O=C(NC[C@@H](O)c1ccco1)c1cc(Cl)ccc1[N+](=O)[O-]. The van der Waals surface area contributed by atoms with Gasteiger partial charge in [0.15, 0.2) is 0 Å². The number of furan rings is 1. The first-order chi connectivity index (χ1) is 9.99. The van der Waals surface area contributed by atoms with E-state index in [1.807, 2.05) is 0 Å². The number of nitro benzene ring substituents is 1. The summed E-state index contributed by atoms with van der Waals surface area (Å²) in [5.41, 5.74) is -0.525. The van der Waals surface area contributed by atoms with Crippen LogP contribution in [0.2, 0.25) is 5.02 Å². The Morgan fingerprint density at radius 2 is 2.24 bits per heavy atom. The summed E-state index contributed by atoms with van der Waals surface area (Å²) in [5, 5.41) is 23.3. The van der Waals surface area contributed by atoms with Crippen molar-refractivity contribution in [1.82, 2.24) is 5.32 Å². The summed E-state index contributed by atoms with van der Waals surface area (Å²) in [5.74, 6) is -0.411. The second kappa shape index (κ2) is 6.38. The standard InChI is InChI=1S/C13H11ClN2O5/c14-8-3-4-10(16(19)20)9(6-8)13(18)15-7-11(17)12-2-1-5-21-12/h1-6,11,17H,7H2,(H,15,18)/t11-/m1/s1. The van der Waals surface area contributed by atoms with Gasteiger partial charge in [-0.25, -0.2) is 0 Å². The lowest BCUT2D eigenvalue weighted by Gasteiger charge is -2.10. The van der Waals surface area contributed by atoms with Crippen LogP contribution in [-0.2, 0) is 0 Å². The van der Waals surface area contributed by atoms with Crippen LogP contribution in [0.4, 0.5) is 5.69 Å². The van der Waals surface area contributed by atoms with Crippen molar-refractivity contribution in [2.24, 2.45) is 0 Å². The lowest BCUT2D eigenvalue weighted by molar-refractivity contribution is -0.385. The van der Waals surface area contributed by atoms with Crippen LogP contribution in [0.3, 0.4) is 0 Å². The molecule has 7 nitrogen and oxygen atoms in total. The zero-order valence-corrected chi connectivity index (χ0v) is 11.4. The van der Waals surface area contributed by atoms with Crippen LogP contribution in [0.1, 0.15) is 22.2 Å². The molecular weight excluding hydrogens is 300 g/mol. The summed E-state index contributed by atoms with van der Waals surface area (Å²) < 4.78 is 4.98. The fourth-order valence-electron chi connectivity index (χ4n) is 1.72. The average Bonchev–Trinajstić information content (AvgIpc) is 2.98. The highest BCUT2D eigenvalue weighted by molar-refractivity contribution is 6.31. The third kappa shape index (κ3) is 3.59. The van der Waals surface area contributed by atoms with Crippen molar-refractivity contribution < 1.29 is 19.2 Å². The Hall–Kier alpha value is -2.38. The predicted molar refractivity (Wildman–Crippen MR) is 74.1 cm³/mol. The summed E-state index contributed by atoms with van der Waals surface area (Å²) in [4.78, 5) is 22.2. The van der Waals surface area contributed by atoms with E-state index < -0.39 is 16.9 Å². The molecule has 0 saturated heterocycles. The predicted octanol–water partition coefficient (Wildman–Crippen LogP) is 2.30. The van der Waals surface area contributed by atoms with Gasteiger partial charge < -0.3 is 14.8 Å². The molecule has 0 bridgehead atoms. The minimum Gasteiger partial charge on any atom is -0.467 e. The number of carbonyl (C=O) groups excluding carboxylic acids is 1. The van der Waals surface area contributed by atoms with Gasteiger partial charge in [-0.1, -0.05) is 11.6 Å². The van der Waals surface area contributed by atoms with E-state index in [9.17, 15) is 20.0 Å². The number of nitrogens with one attached hydrogen (secondary N) is 1. The Labute approximate surface area is 124 Å². The molecule has 2 rings (SSSR count). The summed E-state index contributed by atoms with van der Waals surface area (Å²) in [7, 11) is 0. The van der Waals surface area contributed by atoms with Gasteiger partial charge in [0.25, 0.3) is 11.6 Å². The molecule has 1 heterocycles. The average molecular weight is 311 g/mol. The van der Waals surface area contributed by atoms with E-state index in [1.54, 1.807) is 12.1 Å². The molecule has 0 fully saturated rings. The molecule has 1 amide bonds. The molecule has 21 heavy (non-hydrogen) atoms. The van der Waals surface area contributed by atoms with E-state index >= 15 is 0 Å². The van der Waals surface area contributed by atoms with Crippen LogP contribution in [0.5, 0.6) is 0 Å². The molecule has 1 aromatic heterocycles. The van der Waals surface area contributed by atoms with Gasteiger partial charge in [-0.2, -0.15) is 0 Å². The second-order valence-corrected chi connectivity index (χ2v) is 4.60. The first-order valence-corrected chi connectivity index (χ1v) is 6.30. The third-order valence-corrected chi connectivity index (χ3v) is 2.96. The molecule has 0 aliphatic heterocycles. The van der Waals surface area contributed by atoms with E-state index in [0.29, 0.717) is 0 Å². The monoisotopic (exact) mass is 310 g/mol. The molecule has 1 atom stereocenters. The minimum atomic E-state index is -1.04. The van der Waals surface area contributed by atoms with Crippen LogP contribution in [0.25, 0.3) is 0 Å². The smallest absolute Gasteiger partial charge is 0.282 e. The van der Waals surface area contributed by atoms with Crippen molar-refractivity contribution in [1.29, 1.82) is 0 Å². The van der Waals surface area contributed by atoms with E-state index in [0.717, 1.165) is 6.07 Å². The molecule has 2 N–H and O–H groups in total. The lowest BCUT2D eigenvalue weighted by atomic mass is 10.1. The molecule has 8 heteroatoms. The maximum Gasteiger partial charge on any atom is 0.282 e. The van der Waals surface area contributed by atoms with Gasteiger partial charge in [-0.05, 0) is 24.3 Å². The maximum absolute atomic E-state index is 12.0. The number of rotatable bonds is 5. The Kier molecular flexibility index (Phi) is 4.56. The molecule has 0 aliphatic rings. The largest absolute Gasteiger partial charge is 0.467 e. The fourth-order valence-corrected chi connectivity index (χ4v) is 1.89. The fraction of sp³-hybridized carbons (Fsp3) is 0.154. The molecule has 2 aromatic rings. The van der Waals surface area contributed by atoms with E-state index in [-0.39, 0.29) is 28.6 Å². The molecule has 110 valence electrons. The number of amides is 1. The van der Waals surface area contributed by atoms with E-state index in [2.05, 4.69) is 5.32 Å². The summed E-state index contributed by atoms with van der Waals surface area (Å²) in [6.45, 7) is -0.143. The van der Waals surface area contributed by atoms with Crippen LogP contribution >= 0.6 is 11.6 Å². The topological polar surface area (TPSA) is 106 Å². The minimum absolute atomic E-state index is 0.143. The Balaban J connectivity index is 2.10. The van der Waals surface area contributed by atoms with Crippen LogP contribution in [0, 0.1) is 10.1 Å². The number of nitro groups is 1. The van der Waals surface area contributed by atoms with Gasteiger partial charge in [-0.15, -0.1) is 0 Å². The molecule has 1 aromatic carbocycles. The zero-order valence-electron chi connectivity index (χ0n) is 10.7. The highest BCUT2D eigenvalue weighted by Gasteiger charge is 2.21. The first-order valence-electron chi connectivity index (χ1n) is 5.92. The first kappa shape index (κ1) is 15.0. The van der Waals surface area contributed by atoms with Crippen LogP contribution < -0.4 is 5.32 Å². The van der Waals surface area contributed by atoms with Gasteiger partial charge in [0.05, 0.1) is 17.7 Å². The van der Waals surface area contributed by atoms with Crippen molar-refractivity contribution in [3.63, 3.8) is 0 Å². The number of aliphatic hydroxyl groups is 1. The Morgan fingerprint density at radius 1 is 1.48 bits per heavy atom. The number of hydrogen-bond donors (Lipinski definition) is 2. The van der Waals surface area contributed by atoms with E-state index in [1.165, 1.54) is 18.4 Å². The van der Waals surface area contributed by atoms with Crippen molar-refractivity contribution in [3.05, 3.63) is 63.1 Å². The highest BCUT2D eigenvalue weighted by Crippen LogP contribution is 2.22. The summed E-state index contributed by atoms with van der Waals surface area (Å²) in [6, 6.07) is 6.84. The summed E-state index contributed by atoms with van der Waals surface area (Å²) >= 11 is 5.74. The van der Waals surface area contributed by atoms with Gasteiger partial charge in [0, 0.05) is 11.1 Å². The highest BCUT2D eigenvalue weighted by atomic mass is 35.5. The lowest BCUT2D eigenvalue weighted by Crippen LogP contribution is -2.28. The molecule has 0 unspecified atom stereocenters. The van der Waals surface area contributed by atoms with E-state index in [4.69, 9.17) is 16.0 Å². The van der Waals surface area contributed by atoms with Gasteiger partial charge in [0.1, 0.15) is 17.4 Å². The van der Waals surface area contributed by atoms with Crippen molar-refractivity contribution in [2.45, 2.75) is 6.10 Å². The van der Waals surface area contributed by atoms with Gasteiger partial charge >= 0.3 is 0 Å². The van der Waals surface area contributed by atoms with Crippen molar-refractivity contribution in [3.8, 4) is 0 Å². The molecule has 0 spiro atoms. The van der Waals surface area contributed by atoms with Gasteiger partial charge in [-0.3, -0.25) is 14.9 Å². The van der Waals surface area contributed by atoms with Crippen molar-refractivity contribution >= 4 is 23.2 Å². The van der Waals surface area contributed by atoms with Crippen LogP contribution in [0.15, 0.2) is 41.0 Å². The number of aliphatic hydroxyl groups excluding tert-OH is 1. The normalized spacial score (nSPS) is 11.9. The third-order valence-electron chi connectivity index (χ3n) is 2.73. The quantitative estimate of drug-likeness (QED) is 0.651. The molecule has 0 radical (unpaired) electrons. The number of nitrogens with zero attached hydrogens (tertiary/aromatic N) is 1. The number of carbonyl (C=O) groups is 1. The maximum atomic E-state index is 12.0. The molecular formula is C13H11ClN2O5. The number of halogens is 1. The summed E-state index contributed by atoms with van der Waals surface area (Å²) in [6.07, 6.45) is 0.351. The number of hydrogen-bond acceptors (Lipinski definition) is 5. The Morgan fingerprint density at radius 3 is 2.86 bits per heavy atom. The second-order valence-electron chi connectivity index (χ2n) is 4.16. The van der Waals surface area contributed by atoms with Crippen LogP contribution in [-0.4, -0.2) is 22.5 Å². The van der Waals surface area contributed by atoms with Crippen molar-refractivity contribution in [2.75, 3.05) is 6.54 Å².